The maximum Gasteiger partial charge on any atom is 0.422 e. The molecule has 1 aliphatic rings. The molecule has 0 radical (unpaired) electrons. The number of carbonyl (C=O) groups is 1. The van der Waals surface area contributed by atoms with E-state index in [0.29, 0.717) is 19.0 Å². The Bertz CT molecular complexity index is 464. The third-order valence-corrected chi connectivity index (χ3v) is 2.93. The summed E-state index contributed by atoms with van der Waals surface area (Å²) in [5.74, 6) is -0.445. The van der Waals surface area contributed by atoms with E-state index in [1.54, 1.807) is 12.1 Å². The van der Waals surface area contributed by atoms with Crippen LogP contribution in [-0.4, -0.2) is 38.1 Å². The average Bonchev–Trinajstić information content (AvgIpc) is 2.46. The molecule has 1 aromatic rings. The summed E-state index contributed by atoms with van der Waals surface area (Å²) < 4.78 is 50.9. The van der Waals surface area contributed by atoms with Gasteiger partial charge in [-0.15, -0.1) is 0 Å². The monoisotopic (exact) mass is 304 g/mol. The Balaban J connectivity index is 1.87. The van der Waals surface area contributed by atoms with E-state index >= 15 is 0 Å². The lowest BCUT2D eigenvalue weighted by atomic mass is 10.1. The van der Waals surface area contributed by atoms with E-state index in [1.807, 2.05) is 0 Å². The van der Waals surface area contributed by atoms with Gasteiger partial charge in [-0.25, -0.2) is 4.79 Å². The minimum atomic E-state index is -4.53. The van der Waals surface area contributed by atoms with E-state index in [9.17, 15) is 18.0 Å². The molecule has 0 N–H and O–H groups in total. The zero-order valence-electron chi connectivity index (χ0n) is 11.2. The average molecular weight is 304 g/mol. The van der Waals surface area contributed by atoms with Crippen LogP contribution >= 0.6 is 0 Å². The molecule has 116 valence electrons. The number of hydrogen-bond donors (Lipinski definition) is 0. The highest BCUT2D eigenvalue weighted by Crippen LogP contribution is 2.20. The lowest BCUT2D eigenvalue weighted by Gasteiger charge is -2.23. The van der Waals surface area contributed by atoms with Gasteiger partial charge >= 0.3 is 12.1 Å². The summed E-state index contributed by atoms with van der Waals surface area (Å²) in [7, 11) is 0. The second-order valence-electron chi connectivity index (χ2n) is 4.65. The van der Waals surface area contributed by atoms with Gasteiger partial charge in [0.25, 0.3) is 0 Å². The molecule has 1 aliphatic heterocycles. The van der Waals surface area contributed by atoms with E-state index < -0.39 is 18.8 Å². The van der Waals surface area contributed by atoms with Crippen molar-refractivity contribution in [2.24, 2.45) is 0 Å². The molecule has 2 rings (SSSR count). The molecule has 0 aromatic heterocycles. The minimum Gasteiger partial charge on any atom is -0.490 e. The first-order chi connectivity index (χ1) is 9.94. The lowest BCUT2D eigenvalue weighted by Crippen LogP contribution is -2.25. The number of benzene rings is 1. The Morgan fingerprint density at radius 1 is 1.19 bits per heavy atom. The van der Waals surface area contributed by atoms with Crippen molar-refractivity contribution in [3.8, 4) is 5.75 Å². The summed E-state index contributed by atoms with van der Waals surface area (Å²) in [5.41, 5.74) is 0.0542. The predicted octanol–water partition coefficient (Wildman–Crippen LogP) is 2.96. The van der Waals surface area contributed by atoms with Crippen molar-refractivity contribution >= 4 is 5.97 Å². The SMILES string of the molecule is O=C(OCC(F)(F)F)c1ccc(OC2CCOCC2)cc1. The third-order valence-electron chi connectivity index (χ3n) is 2.93. The highest BCUT2D eigenvalue weighted by atomic mass is 19.4. The van der Waals surface area contributed by atoms with Crippen molar-refractivity contribution in [1.82, 2.24) is 0 Å². The van der Waals surface area contributed by atoms with Crippen molar-refractivity contribution in [3.63, 3.8) is 0 Å². The molecule has 0 spiro atoms. The Labute approximate surface area is 119 Å². The molecule has 0 saturated carbocycles. The summed E-state index contributed by atoms with van der Waals surface area (Å²) in [6.07, 6.45) is -2.89. The molecule has 0 unspecified atom stereocenters. The van der Waals surface area contributed by atoms with E-state index in [2.05, 4.69) is 4.74 Å². The molecular formula is C14H15F3O4. The van der Waals surface area contributed by atoms with Gasteiger partial charge < -0.3 is 14.2 Å². The largest absolute Gasteiger partial charge is 0.490 e. The first-order valence-corrected chi connectivity index (χ1v) is 6.52. The second-order valence-corrected chi connectivity index (χ2v) is 4.65. The summed E-state index contributed by atoms with van der Waals surface area (Å²) in [5, 5.41) is 0. The van der Waals surface area contributed by atoms with Gasteiger partial charge in [0.1, 0.15) is 11.9 Å². The molecule has 0 aliphatic carbocycles. The van der Waals surface area contributed by atoms with Gasteiger partial charge in [0.15, 0.2) is 6.61 Å². The van der Waals surface area contributed by atoms with Crippen LogP contribution in [-0.2, 0) is 9.47 Å². The molecule has 4 nitrogen and oxygen atoms in total. The molecule has 0 atom stereocenters. The second kappa shape index (κ2) is 6.80. The van der Waals surface area contributed by atoms with Crippen LogP contribution in [0.25, 0.3) is 0 Å². The molecular weight excluding hydrogens is 289 g/mol. The number of halogens is 3. The van der Waals surface area contributed by atoms with E-state index in [4.69, 9.17) is 9.47 Å². The minimum absolute atomic E-state index is 0.0542. The van der Waals surface area contributed by atoms with Crippen LogP contribution in [0.5, 0.6) is 5.75 Å². The van der Waals surface area contributed by atoms with Gasteiger partial charge in [-0.1, -0.05) is 0 Å². The molecule has 1 fully saturated rings. The van der Waals surface area contributed by atoms with E-state index in [1.165, 1.54) is 12.1 Å². The third kappa shape index (κ3) is 5.26. The van der Waals surface area contributed by atoms with E-state index in [-0.39, 0.29) is 11.7 Å². The molecule has 1 heterocycles. The van der Waals surface area contributed by atoms with Crippen LogP contribution in [0.3, 0.4) is 0 Å². The fourth-order valence-electron chi connectivity index (χ4n) is 1.89. The summed E-state index contributed by atoms with van der Waals surface area (Å²) in [6, 6.07) is 5.85. The maximum atomic E-state index is 11.9. The quantitative estimate of drug-likeness (QED) is 0.802. The standard InChI is InChI=1S/C14H15F3O4/c15-14(16,17)9-20-13(18)10-1-3-11(4-2-10)21-12-5-7-19-8-6-12/h1-4,12H,5-9H2. The highest BCUT2D eigenvalue weighted by molar-refractivity contribution is 5.89. The van der Waals surface area contributed by atoms with Crippen molar-refractivity contribution in [1.29, 1.82) is 0 Å². The molecule has 0 amide bonds. The normalized spacial score (nSPS) is 16.5. The van der Waals surface area contributed by atoms with Gasteiger partial charge in [-0.2, -0.15) is 13.2 Å². The Hall–Kier alpha value is -1.76. The fourth-order valence-corrected chi connectivity index (χ4v) is 1.89. The van der Waals surface area contributed by atoms with Crippen LogP contribution in [0.1, 0.15) is 23.2 Å². The molecule has 21 heavy (non-hydrogen) atoms. The van der Waals surface area contributed by atoms with Crippen LogP contribution in [0.4, 0.5) is 13.2 Å². The number of rotatable bonds is 4. The van der Waals surface area contributed by atoms with Crippen LogP contribution < -0.4 is 4.74 Å². The zero-order valence-corrected chi connectivity index (χ0v) is 11.2. The first-order valence-electron chi connectivity index (χ1n) is 6.52. The Morgan fingerprint density at radius 2 is 1.81 bits per heavy atom. The molecule has 1 aromatic carbocycles. The first kappa shape index (κ1) is 15.6. The van der Waals surface area contributed by atoms with Crippen molar-refractivity contribution in [2.75, 3.05) is 19.8 Å². The number of hydrogen-bond acceptors (Lipinski definition) is 4. The number of carbonyl (C=O) groups excluding carboxylic acids is 1. The Morgan fingerprint density at radius 3 is 2.38 bits per heavy atom. The number of esters is 1. The van der Waals surface area contributed by atoms with Gasteiger partial charge in [-0.3, -0.25) is 0 Å². The van der Waals surface area contributed by atoms with Gasteiger partial charge in [0, 0.05) is 12.8 Å². The summed E-state index contributed by atoms with van der Waals surface area (Å²) in [4.78, 5) is 11.4. The van der Waals surface area contributed by atoms with Gasteiger partial charge in [-0.05, 0) is 24.3 Å². The maximum absolute atomic E-state index is 11.9. The van der Waals surface area contributed by atoms with Crippen molar-refractivity contribution in [2.45, 2.75) is 25.1 Å². The zero-order chi connectivity index (χ0) is 15.3. The van der Waals surface area contributed by atoms with Crippen molar-refractivity contribution in [3.05, 3.63) is 29.8 Å². The molecule has 7 heteroatoms. The fraction of sp³-hybridized carbons (Fsp3) is 0.500. The molecule has 1 saturated heterocycles. The topological polar surface area (TPSA) is 44.8 Å². The molecule has 0 bridgehead atoms. The van der Waals surface area contributed by atoms with E-state index in [0.717, 1.165) is 12.8 Å². The van der Waals surface area contributed by atoms with Crippen LogP contribution in [0.2, 0.25) is 0 Å². The Kier molecular flexibility index (Phi) is 5.06. The van der Waals surface area contributed by atoms with Gasteiger partial charge in [0.2, 0.25) is 0 Å². The predicted molar refractivity (Wildman–Crippen MR) is 67.2 cm³/mol. The smallest absolute Gasteiger partial charge is 0.422 e. The summed E-state index contributed by atoms with van der Waals surface area (Å²) >= 11 is 0. The number of ether oxygens (including phenoxy) is 3. The number of alkyl halides is 3. The van der Waals surface area contributed by atoms with Crippen LogP contribution in [0, 0.1) is 0 Å². The highest BCUT2D eigenvalue weighted by Gasteiger charge is 2.29. The summed E-state index contributed by atoms with van der Waals surface area (Å²) in [6.45, 7) is -0.300. The van der Waals surface area contributed by atoms with Crippen LogP contribution in [0.15, 0.2) is 24.3 Å². The van der Waals surface area contributed by atoms with Crippen molar-refractivity contribution < 1.29 is 32.2 Å². The van der Waals surface area contributed by atoms with Gasteiger partial charge in [0.05, 0.1) is 18.8 Å². The lowest BCUT2D eigenvalue weighted by molar-refractivity contribution is -0.161.